The fourth-order valence-electron chi connectivity index (χ4n) is 1.96. The summed E-state index contributed by atoms with van der Waals surface area (Å²) in [6, 6.07) is 5.09. The molecule has 0 aliphatic carbocycles. The third kappa shape index (κ3) is 3.85. The van der Waals surface area contributed by atoms with Gasteiger partial charge in [0.05, 0.1) is 6.61 Å². The highest BCUT2D eigenvalue weighted by atomic mass is 16.6. The molecule has 1 aromatic rings. The van der Waals surface area contributed by atoms with E-state index in [9.17, 15) is 4.79 Å². The first-order valence-corrected chi connectivity index (χ1v) is 6.63. The molecule has 1 amide bonds. The van der Waals surface area contributed by atoms with E-state index in [-0.39, 0.29) is 11.9 Å². The van der Waals surface area contributed by atoms with Crippen LogP contribution in [-0.2, 0) is 4.74 Å². The van der Waals surface area contributed by atoms with Gasteiger partial charge in [-0.25, -0.2) is 0 Å². The Hall–Kier alpha value is -1.79. The predicted molar refractivity (Wildman–Crippen MR) is 74.2 cm³/mol. The van der Waals surface area contributed by atoms with Crippen molar-refractivity contribution in [3.05, 3.63) is 23.8 Å². The summed E-state index contributed by atoms with van der Waals surface area (Å²) in [5.41, 5.74) is 6.34. The highest BCUT2D eigenvalue weighted by molar-refractivity contribution is 5.94. The molecule has 0 aromatic heterocycles. The minimum atomic E-state index is -0.147. The van der Waals surface area contributed by atoms with Crippen LogP contribution in [0.3, 0.4) is 0 Å². The van der Waals surface area contributed by atoms with E-state index in [4.69, 9.17) is 19.9 Å². The molecule has 0 fully saturated rings. The number of hydrogen-bond donors (Lipinski definition) is 2. The second kappa shape index (κ2) is 7.12. The van der Waals surface area contributed by atoms with E-state index >= 15 is 0 Å². The summed E-state index contributed by atoms with van der Waals surface area (Å²) in [4.78, 5) is 12.0. The zero-order chi connectivity index (χ0) is 14.4. The van der Waals surface area contributed by atoms with E-state index in [1.807, 2.05) is 0 Å². The Kier molecular flexibility index (Phi) is 5.20. The predicted octanol–water partition coefficient (Wildman–Crippen LogP) is 0.551. The van der Waals surface area contributed by atoms with E-state index in [1.54, 1.807) is 25.3 Å². The first-order chi connectivity index (χ1) is 9.70. The number of benzene rings is 1. The van der Waals surface area contributed by atoms with Gasteiger partial charge in [0, 0.05) is 25.3 Å². The lowest BCUT2D eigenvalue weighted by Crippen LogP contribution is -2.32. The van der Waals surface area contributed by atoms with E-state index in [2.05, 4.69) is 5.32 Å². The third-order valence-corrected chi connectivity index (χ3v) is 2.99. The van der Waals surface area contributed by atoms with Gasteiger partial charge in [-0.1, -0.05) is 0 Å². The Morgan fingerprint density at radius 3 is 2.90 bits per heavy atom. The second-order valence-corrected chi connectivity index (χ2v) is 4.62. The van der Waals surface area contributed by atoms with E-state index in [0.29, 0.717) is 49.8 Å². The van der Waals surface area contributed by atoms with Gasteiger partial charge in [-0.2, -0.15) is 0 Å². The Labute approximate surface area is 118 Å². The van der Waals surface area contributed by atoms with Crippen molar-refractivity contribution in [2.45, 2.75) is 12.5 Å². The average molecular weight is 280 g/mol. The molecule has 110 valence electrons. The van der Waals surface area contributed by atoms with E-state index < -0.39 is 0 Å². The summed E-state index contributed by atoms with van der Waals surface area (Å²) in [6.07, 6.45) is 0.671. The van der Waals surface area contributed by atoms with Crippen LogP contribution in [0.15, 0.2) is 18.2 Å². The third-order valence-electron chi connectivity index (χ3n) is 2.99. The second-order valence-electron chi connectivity index (χ2n) is 4.62. The molecule has 20 heavy (non-hydrogen) atoms. The number of ether oxygens (including phenoxy) is 3. The SMILES string of the molecule is COCC(N)CCNC(=O)c1ccc2c(c1)OCCO2. The van der Waals surface area contributed by atoms with E-state index in [1.165, 1.54) is 0 Å². The lowest BCUT2D eigenvalue weighted by molar-refractivity contribution is 0.0949. The first-order valence-electron chi connectivity index (χ1n) is 6.63. The van der Waals surface area contributed by atoms with Crippen molar-refractivity contribution < 1.29 is 19.0 Å². The Bertz CT molecular complexity index is 464. The van der Waals surface area contributed by atoms with Gasteiger partial charge in [-0.15, -0.1) is 0 Å². The van der Waals surface area contributed by atoms with Crippen LogP contribution in [0, 0.1) is 0 Å². The van der Waals surface area contributed by atoms with E-state index in [0.717, 1.165) is 0 Å². The Morgan fingerprint density at radius 1 is 1.40 bits per heavy atom. The first kappa shape index (κ1) is 14.6. The number of carbonyl (C=O) groups is 1. The molecule has 6 heteroatoms. The number of methoxy groups -OCH3 is 1. The van der Waals surface area contributed by atoms with Gasteiger partial charge in [0.2, 0.25) is 0 Å². The highest BCUT2D eigenvalue weighted by Gasteiger charge is 2.14. The molecule has 1 aliphatic heterocycles. The molecule has 6 nitrogen and oxygen atoms in total. The monoisotopic (exact) mass is 280 g/mol. The molecule has 3 N–H and O–H groups in total. The fourth-order valence-corrected chi connectivity index (χ4v) is 1.96. The average Bonchev–Trinajstić information content (AvgIpc) is 2.47. The number of nitrogens with two attached hydrogens (primary N) is 1. The van der Waals surface area contributed by atoms with Gasteiger partial charge in [0.15, 0.2) is 11.5 Å². The molecule has 2 rings (SSSR count). The van der Waals surface area contributed by atoms with Gasteiger partial charge in [0.1, 0.15) is 13.2 Å². The lowest BCUT2D eigenvalue weighted by atomic mass is 10.1. The number of carbonyl (C=O) groups excluding carboxylic acids is 1. The van der Waals surface area contributed by atoms with Gasteiger partial charge < -0.3 is 25.3 Å². The van der Waals surface area contributed by atoms with Crippen molar-refractivity contribution in [1.82, 2.24) is 5.32 Å². The summed E-state index contributed by atoms with van der Waals surface area (Å²) >= 11 is 0. The molecule has 1 aliphatic rings. The Balaban J connectivity index is 1.86. The molecule has 1 atom stereocenters. The number of fused-ring (bicyclic) bond motifs is 1. The maximum absolute atomic E-state index is 12.0. The molecule has 1 heterocycles. The topological polar surface area (TPSA) is 82.8 Å². The number of hydrogen-bond acceptors (Lipinski definition) is 5. The number of amides is 1. The number of nitrogens with one attached hydrogen (secondary N) is 1. The van der Waals surface area contributed by atoms with Crippen LogP contribution in [0.4, 0.5) is 0 Å². The van der Waals surface area contributed by atoms with Crippen LogP contribution in [0.2, 0.25) is 0 Å². The lowest BCUT2D eigenvalue weighted by Gasteiger charge is -2.18. The summed E-state index contributed by atoms with van der Waals surface area (Å²) in [6.45, 7) is 2.04. The molecule has 0 saturated heterocycles. The van der Waals surface area contributed by atoms with Crippen molar-refractivity contribution in [2.75, 3.05) is 33.5 Å². The molecule has 1 aromatic carbocycles. The smallest absolute Gasteiger partial charge is 0.251 e. The van der Waals surface area contributed by atoms with Crippen LogP contribution in [0.5, 0.6) is 11.5 Å². The zero-order valence-electron chi connectivity index (χ0n) is 11.6. The van der Waals surface area contributed by atoms with Crippen molar-refractivity contribution in [3.8, 4) is 11.5 Å². The molecule has 0 radical (unpaired) electrons. The largest absolute Gasteiger partial charge is 0.486 e. The zero-order valence-corrected chi connectivity index (χ0v) is 11.6. The van der Waals surface area contributed by atoms with Crippen LogP contribution < -0.4 is 20.5 Å². The minimum absolute atomic E-state index is 0.0689. The van der Waals surface area contributed by atoms with Gasteiger partial charge >= 0.3 is 0 Å². The molecule has 0 saturated carbocycles. The fraction of sp³-hybridized carbons (Fsp3) is 0.500. The van der Waals surface area contributed by atoms with Gasteiger partial charge in [-0.05, 0) is 24.6 Å². The van der Waals surface area contributed by atoms with Gasteiger partial charge in [-0.3, -0.25) is 4.79 Å². The van der Waals surface area contributed by atoms with Gasteiger partial charge in [0.25, 0.3) is 5.91 Å². The van der Waals surface area contributed by atoms with Crippen molar-refractivity contribution in [1.29, 1.82) is 0 Å². The maximum atomic E-state index is 12.0. The molecular formula is C14H20N2O4. The minimum Gasteiger partial charge on any atom is -0.486 e. The molecule has 1 unspecified atom stereocenters. The molecule has 0 spiro atoms. The molecular weight excluding hydrogens is 260 g/mol. The van der Waals surface area contributed by atoms with Crippen LogP contribution in [-0.4, -0.2) is 45.4 Å². The van der Waals surface area contributed by atoms with Crippen LogP contribution in [0.25, 0.3) is 0 Å². The summed E-state index contributed by atoms with van der Waals surface area (Å²) in [5.74, 6) is 1.14. The Morgan fingerprint density at radius 2 is 2.15 bits per heavy atom. The standard InChI is InChI=1S/C14H20N2O4/c1-18-9-11(15)4-5-16-14(17)10-2-3-12-13(8-10)20-7-6-19-12/h2-3,8,11H,4-7,9,15H2,1H3,(H,16,17). The van der Waals surface area contributed by atoms with Crippen molar-refractivity contribution in [2.24, 2.45) is 5.73 Å². The van der Waals surface area contributed by atoms with Crippen molar-refractivity contribution in [3.63, 3.8) is 0 Å². The summed E-state index contributed by atoms with van der Waals surface area (Å²) in [7, 11) is 1.60. The number of rotatable bonds is 6. The quantitative estimate of drug-likeness (QED) is 0.795. The maximum Gasteiger partial charge on any atom is 0.251 e. The summed E-state index contributed by atoms with van der Waals surface area (Å²) in [5, 5.41) is 2.82. The van der Waals surface area contributed by atoms with Crippen molar-refractivity contribution >= 4 is 5.91 Å². The highest BCUT2D eigenvalue weighted by Crippen LogP contribution is 2.30. The molecule has 0 bridgehead atoms. The summed E-state index contributed by atoms with van der Waals surface area (Å²) < 4.78 is 15.8. The van der Waals surface area contributed by atoms with Crippen LogP contribution in [0.1, 0.15) is 16.8 Å². The van der Waals surface area contributed by atoms with Crippen LogP contribution >= 0.6 is 0 Å². The normalized spacial score (nSPS) is 14.7.